The number of ether oxygens (including phenoxy) is 4. The summed E-state index contributed by atoms with van der Waals surface area (Å²) < 4.78 is 21.4. The summed E-state index contributed by atoms with van der Waals surface area (Å²) >= 11 is 0. The Bertz CT molecular complexity index is 1130. The Labute approximate surface area is 189 Å². The van der Waals surface area contributed by atoms with Crippen molar-refractivity contribution in [3.05, 3.63) is 93.5 Å². The van der Waals surface area contributed by atoms with Gasteiger partial charge in [-0.3, -0.25) is 14.9 Å². The zero-order chi connectivity index (χ0) is 24.0. The van der Waals surface area contributed by atoms with Crippen LogP contribution in [0, 0.1) is 10.1 Å². The van der Waals surface area contributed by atoms with Crippen LogP contribution >= 0.6 is 0 Å². The molecule has 3 rings (SSSR count). The Hall–Kier alpha value is -4.40. The van der Waals surface area contributed by atoms with Crippen molar-refractivity contribution in [1.82, 2.24) is 0 Å². The maximum Gasteiger partial charge on any atom is 0.339 e. The number of nitrogens with zero attached hydrogens (tertiary/aromatic N) is 1. The van der Waals surface area contributed by atoms with Crippen molar-refractivity contribution in [3.63, 3.8) is 0 Å². The summed E-state index contributed by atoms with van der Waals surface area (Å²) in [5, 5.41) is 11.0. The molecule has 33 heavy (non-hydrogen) atoms. The van der Waals surface area contributed by atoms with Crippen LogP contribution in [0.1, 0.15) is 32.4 Å². The zero-order valence-electron chi connectivity index (χ0n) is 18.1. The molecular formula is C24H21NO8. The van der Waals surface area contributed by atoms with E-state index < -0.39 is 22.8 Å². The van der Waals surface area contributed by atoms with Crippen LogP contribution < -0.4 is 14.2 Å². The van der Waals surface area contributed by atoms with Crippen LogP contribution in [0.5, 0.6) is 17.2 Å². The monoisotopic (exact) mass is 451 g/mol. The van der Waals surface area contributed by atoms with Crippen LogP contribution in [0.4, 0.5) is 5.69 Å². The van der Waals surface area contributed by atoms with Gasteiger partial charge in [0.2, 0.25) is 11.5 Å². The number of ketones is 1. The summed E-state index contributed by atoms with van der Waals surface area (Å²) in [5.41, 5.74) is 0.520. The fraction of sp³-hybridized carbons (Fsp3) is 0.167. The highest BCUT2D eigenvalue weighted by Gasteiger charge is 2.28. The molecule has 0 aliphatic heterocycles. The molecule has 1 unspecified atom stereocenters. The van der Waals surface area contributed by atoms with Crippen molar-refractivity contribution < 1.29 is 33.5 Å². The standard InChI is InChI=1S/C24H21NO8/c1-30-19-13-17(14-20(31-2)23(19)32-3)24(27)33-22(21(26)15-7-5-4-6-8-15)16-9-11-18(12-10-16)25(28)29/h4-14,22H,1-3H3. The number of benzene rings is 3. The third-order valence-corrected chi connectivity index (χ3v) is 4.83. The highest BCUT2D eigenvalue weighted by Crippen LogP contribution is 2.39. The van der Waals surface area contributed by atoms with Gasteiger partial charge in [-0.15, -0.1) is 0 Å². The van der Waals surface area contributed by atoms with E-state index in [-0.39, 0.29) is 28.3 Å². The van der Waals surface area contributed by atoms with Crippen molar-refractivity contribution in [3.8, 4) is 17.2 Å². The first-order valence-electron chi connectivity index (χ1n) is 9.74. The number of Topliss-reactive ketones (excluding diaryl/α,β-unsaturated/α-hetero) is 1. The topological polar surface area (TPSA) is 114 Å². The number of carbonyl (C=O) groups excluding carboxylic acids is 2. The second-order valence-electron chi connectivity index (χ2n) is 6.78. The Morgan fingerprint density at radius 2 is 1.39 bits per heavy atom. The summed E-state index contributed by atoms with van der Waals surface area (Å²) in [6, 6.07) is 16.4. The van der Waals surface area contributed by atoms with E-state index >= 15 is 0 Å². The highest BCUT2D eigenvalue weighted by molar-refractivity contribution is 6.02. The lowest BCUT2D eigenvalue weighted by atomic mass is 9.99. The average molecular weight is 451 g/mol. The summed E-state index contributed by atoms with van der Waals surface area (Å²) in [5.74, 6) is -0.522. The van der Waals surface area contributed by atoms with Crippen LogP contribution in [-0.4, -0.2) is 38.0 Å². The Morgan fingerprint density at radius 1 is 0.818 bits per heavy atom. The molecular weight excluding hydrogens is 430 g/mol. The van der Waals surface area contributed by atoms with Gasteiger partial charge in [-0.25, -0.2) is 4.79 Å². The van der Waals surface area contributed by atoms with Gasteiger partial charge in [0.15, 0.2) is 17.6 Å². The lowest BCUT2D eigenvalue weighted by molar-refractivity contribution is -0.384. The molecule has 0 radical (unpaired) electrons. The molecule has 0 fully saturated rings. The number of hydrogen-bond donors (Lipinski definition) is 0. The van der Waals surface area contributed by atoms with E-state index in [1.54, 1.807) is 30.3 Å². The number of nitro benzene ring substituents is 1. The van der Waals surface area contributed by atoms with Crippen LogP contribution in [0.3, 0.4) is 0 Å². The van der Waals surface area contributed by atoms with Crippen molar-refractivity contribution in [2.75, 3.05) is 21.3 Å². The zero-order valence-corrected chi connectivity index (χ0v) is 18.1. The molecule has 0 bridgehead atoms. The SMILES string of the molecule is COc1cc(C(=O)OC(C(=O)c2ccccc2)c2ccc([N+](=O)[O-])cc2)cc(OC)c1OC. The molecule has 0 spiro atoms. The van der Waals surface area contributed by atoms with Gasteiger partial charge in [0.25, 0.3) is 5.69 Å². The molecule has 0 aliphatic carbocycles. The van der Waals surface area contributed by atoms with Gasteiger partial charge in [-0.2, -0.15) is 0 Å². The van der Waals surface area contributed by atoms with Gasteiger partial charge in [0, 0.05) is 23.3 Å². The number of hydrogen-bond acceptors (Lipinski definition) is 8. The van der Waals surface area contributed by atoms with Gasteiger partial charge >= 0.3 is 5.97 Å². The second-order valence-corrected chi connectivity index (χ2v) is 6.78. The fourth-order valence-electron chi connectivity index (χ4n) is 3.17. The quantitative estimate of drug-likeness (QED) is 0.204. The predicted molar refractivity (Wildman–Crippen MR) is 118 cm³/mol. The van der Waals surface area contributed by atoms with Gasteiger partial charge in [0.05, 0.1) is 31.8 Å². The predicted octanol–water partition coefficient (Wildman–Crippen LogP) is 4.40. The molecule has 0 N–H and O–H groups in total. The fourth-order valence-corrected chi connectivity index (χ4v) is 3.17. The molecule has 0 heterocycles. The molecule has 0 amide bonds. The van der Waals surface area contributed by atoms with Gasteiger partial charge in [-0.05, 0) is 24.3 Å². The van der Waals surface area contributed by atoms with E-state index in [1.165, 1.54) is 57.7 Å². The number of esters is 1. The lowest BCUT2D eigenvalue weighted by Gasteiger charge is -2.19. The normalized spacial score (nSPS) is 11.2. The van der Waals surface area contributed by atoms with Gasteiger partial charge < -0.3 is 18.9 Å². The molecule has 3 aromatic carbocycles. The van der Waals surface area contributed by atoms with Crippen molar-refractivity contribution in [2.24, 2.45) is 0 Å². The first kappa shape index (κ1) is 23.3. The molecule has 1 atom stereocenters. The molecule has 170 valence electrons. The minimum Gasteiger partial charge on any atom is -0.493 e. The maximum absolute atomic E-state index is 13.2. The first-order chi connectivity index (χ1) is 15.9. The third-order valence-electron chi connectivity index (χ3n) is 4.83. The minimum atomic E-state index is -1.33. The molecule has 0 saturated carbocycles. The van der Waals surface area contributed by atoms with E-state index in [0.717, 1.165) is 0 Å². The molecule has 9 nitrogen and oxygen atoms in total. The minimum absolute atomic E-state index is 0.0669. The molecule has 9 heteroatoms. The lowest BCUT2D eigenvalue weighted by Crippen LogP contribution is -2.20. The Balaban J connectivity index is 2.00. The summed E-state index contributed by atoms with van der Waals surface area (Å²) in [6.45, 7) is 0. The van der Waals surface area contributed by atoms with Crippen LogP contribution in [0.2, 0.25) is 0 Å². The van der Waals surface area contributed by atoms with Gasteiger partial charge in [0.1, 0.15) is 0 Å². The van der Waals surface area contributed by atoms with Crippen LogP contribution in [0.15, 0.2) is 66.7 Å². The molecule has 3 aromatic rings. The van der Waals surface area contributed by atoms with Crippen molar-refractivity contribution in [2.45, 2.75) is 6.10 Å². The number of carbonyl (C=O) groups is 2. The number of nitro groups is 1. The smallest absolute Gasteiger partial charge is 0.339 e. The summed E-state index contributed by atoms with van der Waals surface area (Å²) in [7, 11) is 4.25. The van der Waals surface area contributed by atoms with Crippen molar-refractivity contribution in [1.29, 1.82) is 0 Å². The van der Waals surface area contributed by atoms with Crippen molar-refractivity contribution >= 4 is 17.4 Å². The Kier molecular flexibility index (Phi) is 7.24. The summed E-state index contributed by atoms with van der Waals surface area (Å²) in [6.07, 6.45) is -1.33. The van der Waals surface area contributed by atoms with E-state index in [4.69, 9.17) is 18.9 Å². The number of methoxy groups -OCH3 is 3. The first-order valence-corrected chi connectivity index (χ1v) is 9.74. The van der Waals surface area contributed by atoms with E-state index in [0.29, 0.717) is 11.3 Å². The Morgan fingerprint density at radius 3 is 1.88 bits per heavy atom. The third kappa shape index (κ3) is 5.09. The van der Waals surface area contributed by atoms with Gasteiger partial charge in [-0.1, -0.05) is 30.3 Å². The molecule has 0 aliphatic rings. The molecule has 0 saturated heterocycles. The largest absolute Gasteiger partial charge is 0.493 e. The highest BCUT2D eigenvalue weighted by atomic mass is 16.6. The van der Waals surface area contributed by atoms with Crippen LogP contribution in [-0.2, 0) is 4.74 Å². The van der Waals surface area contributed by atoms with E-state index in [1.807, 2.05) is 0 Å². The maximum atomic E-state index is 13.2. The molecule has 0 aromatic heterocycles. The van der Waals surface area contributed by atoms with Crippen LogP contribution in [0.25, 0.3) is 0 Å². The van der Waals surface area contributed by atoms with E-state index in [9.17, 15) is 19.7 Å². The number of non-ortho nitro benzene ring substituents is 1. The summed E-state index contributed by atoms with van der Waals surface area (Å²) in [4.78, 5) is 36.7. The van der Waals surface area contributed by atoms with E-state index in [2.05, 4.69) is 0 Å². The number of rotatable bonds is 9. The second kappa shape index (κ2) is 10.3. The average Bonchev–Trinajstić information content (AvgIpc) is 2.86.